The second kappa shape index (κ2) is 22.0. The van der Waals surface area contributed by atoms with E-state index in [1.807, 2.05) is 0 Å². The Morgan fingerprint density at radius 2 is 1.21 bits per heavy atom. The van der Waals surface area contributed by atoms with Gasteiger partial charge in [0.2, 0.25) is 11.8 Å². The van der Waals surface area contributed by atoms with Crippen LogP contribution in [0.3, 0.4) is 0 Å². The molecule has 0 unspecified atom stereocenters. The van der Waals surface area contributed by atoms with E-state index in [0.717, 1.165) is 0 Å². The number of amides is 2. The molecule has 7 N–H and O–H groups in total. The monoisotopic (exact) mass is 812 g/mol. The maximum Gasteiger partial charge on any atom is 0.308 e. The summed E-state index contributed by atoms with van der Waals surface area (Å²) in [5, 5.41) is 53.1. The Kier molecular flexibility index (Phi) is 19.2. The zero-order valence-electron chi connectivity index (χ0n) is 27.3. The van der Waals surface area contributed by atoms with Crippen molar-refractivity contribution in [2.24, 2.45) is 0 Å². The average molecular weight is 813 g/mol. The van der Waals surface area contributed by atoms with E-state index >= 15 is 0 Å². The molecule has 2 aliphatic heterocycles. The second-order valence-corrected chi connectivity index (χ2v) is 13.1. The van der Waals surface area contributed by atoms with E-state index < -0.39 is 166 Å². The third-order valence-corrected chi connectivity index (χ3v) is 8.05. The molecular weight excluding hydrogens is 774 g/mol. The van der Waals surface area contributed by atoms with Gasteiger partial charge in [-0.15, -0.1) is 0 Å². The van der Waals surface area contributed by atoms with Crippen molar-refractivity contribution >= 4 is 45.9 Å². The van der Waals surface area contributed by atoms with E-state index in [1.54, 1.807) is 0 Å². The Balaban J connectivity index is 2.54. The van der Waals surface area contributed by atoms with Gasteiger partial charge >= 0.3 is 11.9 Å². The molecular formula is C25H38N2O24P2-4. The Morgan fingerprint density at radius 3 is 1.72 bits per heavy atom. The molecule has 0 radical (unpaired) electrons. The Labute approximate surface area is 299 Å². The molecule has 0 aliphatic carbocycles. The maximum atomic E-state index is 12.6. The number of hydrogen-bond acceptors (Lipinski definition) is 24. The quantitative estimate of drug-likeness (QED) is 0.0175. The van der Waals surface area contributed by atoms with Crippen LogP contribution < -0.4 is 30.2 Å². The van der Waals surface area contributed by atoms with Crippen LogP contribution in [-0.2, 0) is 70.6 Å². The van der Waals surface area contributed by atoms with Gasteiger partial charge in [-0.05, 0) is 0 Å². The first-order valence-electron chi connectivity index (χ1n) is 15.4. The SMILES string of the molecule is O=COCCC(=O)N[C@H]1[C@@H](OP(=O)([O-])[O-])O[C@H](CO[C@@H]2O[C@H](CO)[C@@H](OP(=O)([O-])[O-])[C@H](OC(=O)CCO)[C@H]2NC(=O)CCO)[C@@H](O)[C@@H]1OC(=O)CCO. The van der Waals surface area contributed by atoms with E-state index in [1.165, 1.54) is 0 Å². The highest BCUT2D eigenvalue weighted by Crippen LogP contribution is 2.38. The molecule has 0 aromatic rings. The van der Waals surface area contributed by atoms with Gasteiger partial charge in [0.1, 0.15) is 36.5 Å². The summed E-state index contributed by atoms with van der Waals surface area (Å²) >= 11 is 0. The van der Waals surface area contributed by atoms with Crippen molar-refractivity contribution in [3.05, 3.63) is 0 Å². The fourth-order valence-corrected chi connectivity index (χ4v) is 5.93. The van der Waals surface area contributed by atoms with Crippen molar-refractivity contribution in [3.8, 4) is 0 Å². The lowest BCUT2D eigenvalue weighted by molar-refractivity contribution is -0.364. The van der Waals surface area contributed by atoms with Crippen LogP contribution in [0.2, 0.25) is 0 Å². The number of carbonyl (C=O) groups is 5. The van der Waals surface area contributed by atoms with Crippen molar-refractivity contribution in [2.75, 3.05) is 39.6 Å². The highest BCUT2D eigenvalue weighted by molar-refractivity contribution is 7.43. The van der Waals surface area contributed by atoms with Gasteiger partial charge in [-0.1, -0.05) is 0 Å². The predicted octanol–water partition coefficient (Wildman–Crippen LogP) is -8.63. The molecule has 306 valence electrons. The highest BCUT2D eigenvalue weighted by Gasteiger charge is 2.53. The van der Waals surface area contributed by atoms with E-state index in [0.29, 0.717) is 0 Å². The molecule has 0 aromatic heterocycles. The second-order valence-electron chi connectivity index (χ2n) is 10.9. The molecule has 2 aliphatic rings. The fourth-order valence-electron chi connectivity index (χ4n) is 4.94. The molecule has 0 aromatic carbocycles. The minimum Gasteiger partial charge on any atom is -0.790 e. The van der Waals surface area contributed by atoms with Crippen LogP contribution in [-0.4, -0.2) is 157 Å². The van der Waals surface area contributed by atoms with Crippen LogP contribution >= 0.6 is 15.6 Å². The average Bonchev–Trinajstić information content (AvgIpc) is 3.04. The van der Waals surface area contributed by atoms with Gasteiger partial charge in [0.25, 0.3) is 6.47 Å². The molecule has 0 bridgehead atoms. The number of aliphatic hydroxyl groups excluding tert-OH is 5. The minimum absolute atomic E-state index is 0.00382. The summed E-state index contributed by atoms with van der Waals surface area (Å²) in [4.78, 5) is 107. The van der Waals surface area contributed by atoms with Gasteiger partial charge in [0, 0.05) is 6.42 Å². The number of phosphoric ester groups is 2. The Hall–Kier alpha value is -2.75. The van der Waals surface area contributed by atoms with Crippen LogP contribution in [0.4, 0.5) is 0 Å². The molecule has 2 fully saturated rings. The first-order valence-corrected chi connectivity index (χ1v) is 18.3. The Bertz CT molecular complexity index is 1310. The first kappa shape index (κ1) is 46.4. The summed E-state index contributed by atoms with van der Waals surface area (Å²) in [7, 11) is -12.0. The van der Waals surface area contributed by atoms with Crippen LogP contribution in [0.1, 0.15) is 25.7 Å². The number of esters is 2. The molecule has 0 spiro atoms. The van der Waals surface area contributed by atoms with E-state index in [2.05, 4.69) is 24.4 Å². The molecule has 2 heterocycles. The smallest absolute Gasteiger partial charge is 0.308 e. The fraction of sp³-hybridized carbons (Fsp3) is 0.800. The number of nitrogens with one attached hydrogen (secondary N) is 2. The van der Waals surface area contributed by atoms with Crippen molar-refractivity contribution < 1.29 is 116 Å². The van der Waals surface area contributed by atoms with Crippen molar-refractivity contribution in [2.45, 2.75) is 87.0 Å². The Morgan fingerprint density at radius 1 is 0.698 bits per heavy atom. The normalized spacial score (nSPS) is 29.1. The van der Waals surface area contributed by atoms with Gasteiger partial charge in [0.15, 0.2) is 24.8 Å². The number of ether oxygens (including phenoxy) is 6. The third-order valence-electron chi connectivity index (χ3n) is 7.08. The number of hydrogen-bond donors (Lipinski definition) is 7. The minimum atomic E-state index is -6.03. The largest absolute Gasteiger partial charge is 0.790 e. The lowest BCUT2D eigenvalue weighted by Crippen LogP contribution is -2.68. The summed E-state index contributed by atoms with van der Waals surface area (Å²) < 4.78 is 63.4. The molecule has 10 atom stereocenters. The molecule has 26 nitrogen and oxygen atoms in total. The number of aliphatic hydroxyl groups is 5. The van der Waals surface area contributed by atoms with Gasteiger partial charge < -0.3 is 102 Å². The van der Waals surface area contributed by atoms with Gasteiger partial charge in [0.05, 0.1) is 74.5 Å². The summed E-state index contributed by atoms with van der Waals surface area (Å²) in [6, 6.07) is -3.88. The molecule has 2 rings (SSSR count). The summed E-state index contributed by atoms with van der Waals surface area (Å²) in [5.41, 5.74) is 0. The first-order chi connectivity index (χ1) is 24.9. The highest BCUT2D eigenvalue weighted by atomic mass is 31.2. The summed E-state index contributed by atoms with van der Waals surface area (Å²) in [5.74, 6) is -4.53. The van der Waals surface area contributed by atoms with Gasteiger partial charge in [-0.2, -0.15) is 0 Å². The zero-order valence-corrected chi connectivity index (χ0v) is 29.1. The number of rotatable bonds is 22. The van der Waals surface area contributed by atoms with Crippen LogP contribution in [0.15, 0.2) is 0 Å². The predicted molar refractivity (Wildman–Crippen MR) is 153 cm³/mol. The number of carbonyl (C=O) groups excluding carboxylic acids is 5. The van der Waals surface area contributed by atoms with Crippen LogP contribution in [0.5, 0.6) is 0 Å². The van der Waals surface area contributed by atoms with Crippen LogP contribution in [0, 0.1) is 0 Å². The number of phosphoric acid groups is 2. The summed E-state index contributed by atoms with van der Waals surface area (Å²) in [6.07, 6.45) is -19.3. The zero-order chi connectivity index (χ0) is 39.9. The molecule has 0 saturated carbocycles. The van der Waals surface area contributed by atoms with Crippen molar-refractivity contribution in [1.82, 2.24) is 10.6 Å². The summed E-state index contributed by atoms with van der Waals surface area (Å²) in [6.45, 7) is -5.04. The van der Waals surface area contributed by atoms with E-state index in [-0.39, 0.29) is 6.47 Å². The van der Waals surface area contributed by atoms with Crippen molar-refractivity contribution in [1.29, 1.82) is 0 Å². The van der Waals surface area contributed by atoms with Crippen LogP contribution in [0.25, 0.3) is 0 Å². The lowest BCUT2D eigenvalue weighted by atomic mass is 9.95. The van der Waals surface area contributed by atoms with E-state index in [9.17, 15) is 68.0 Å². The topological polar surface area (TPSA) is 411 Å². The molecule has 28 heteroatoms. The van der Waals surface area contributed by atoms with E-state index in [4.69, 9.17) is 33.9 Å². The van der Waals surface area contributed by atoms with Gasteiger partial charge in [-0.25, -0.2) is 0 Å². The lowest BCUT2D eigenvalue weighted by Gasteiger charge is -2.49. The molecule has 53 heavy (non-hydrogen) atoms. The van der Waals surface area contributed by atoms with Gasteiger partial charge in [-0.3, -0.25) is 24.0 Å². The molecule has 2 amide bonds. The standard InChI is InChI=1S/C25H42N2O24P2/c28-5-1-14(33)26-19-23(49-17(36)3-7-30)21(50-52(38,39)40)12(9-31)46-24(19)45-10-13-20(37)22(48-16(35)2-6-29)18(25(47-13)51-53(41,42)43)27-15(34)4-8-44-11-32/h11-13,18-25,28-31,37H,1-10H2,(H,26,33)(H,27,34)(H2,38,39,40)(H2,41,42,43)/p-4/t12-,13-,18-,19-,20-,21-,22-,23-,24-,25-/m1/s1. The molecule has 2 saturated heterocycles. The third kappa shape index (κ3) is 15.5. The van der Waals surface area contributed by atoms with Crippen molar-refractivity contribution in [3.63, 3.8) is 0 Å². The maximum absolute atomic E-state index is 12.6.